The monoisotopic (exact) mass is 338 g/mol. The van der Waals surface area contributed by atoms with Gasteiger partial charge in [0.15, 0.2) is 0 Å². The third-order valence-corrected chi connectivity index (χ3v) is 5.71. The summed E-state index contributed by atoms with van der Waals surface area (Å²) in [7, 11) is 2.22. The maximum atomic E-state index is 4.94. The van der Waals surface area contributed by atoms with E-state index >= 15 is 0 Å². The van der Waals surface area contributed by atoms with Crippen LogP contribution in [0.2, 0.25) is 0 Å². The van der Waals surface area contributed by atoms with E-state index in [9.17, 15) is 0 Å². The van der Waals surface area contributed by atoms with Crippen LogP contribution in [-0.2, 0) is 0 Å². The fourth-order valence-corrected chi connectivity index (χ4v) is 4.56. The van der Waals surface area contributed by atoms with Crippen molar-refractivity contribution in [2.75, 3.05) is 26.7 Å². The Labute approximate surface area is 150 Å². The molecule has 134 valence electrons. The van der Waals surface area contributed by atoms with Gasteiger partial charge in [0.1, 0.15) is 0 Å². The van der Waals surface area contributed by atoms with E-state index in [0.29, 0.717) is 11.5 Å². The van der Waals surface area contributed by atoms with E-state index in [1.165, 1.54) is 29.5 Å². The lowest BCUT2D eigenvalue weighted by Gasteiger charge is -2.40. The fourth-order valence-electron chi connectivity index (χ4n) is 4.56. The van der Waals surface area contributed by atoms with E-state index in [1.807, 2.05) is 0 Å². The smallest absolute Gasteiger partial charge is 0.0930 e. The predicted octanol–water partition coefficient (Wildman–Crippen LogP) is 4.16. The SMILES string of the molecule is C[C@H]1CCC(c2ccc3cn(C4CN(C)CC(C)(C)C4)nc3c2)=NC1. The Bertz CT molecular complexity index is 801. The summed E-state index contributed by atoms with van der Waals surface area (Å²) in [6.07, 6.45) is 5.75. The average Bonchev–Trinajstić information content (AvgIpc) is 2.97. The Hall–Kier alpha value is -1.68. The van der Waals surface area contributed by atoms with Gasteiger partial charge in [-0.2, -0.15) is 5.10 Å². The van der Waals surface area contributed by atoms with E-state index in [-0.39, 0.29) is 0 Å². The third kappa shape index (κ3) is 3.50. The van der Waals surface area contributed by atoms with Crippen molar-refractivity contribution >= 4 is 16.6 Å². The van der Waals surface area contributed by atoms with Gasteiger partial charge < -0.3 is 4.90 Å². The molecule has 0 amide bonds. The van der Waals surface area contributed by atoms with Crippen LogP contribution < -0.4 is 0 Å². The first-order chi connectivity index (χ1) is 11.9. The van der Waals surface area contributed by atoms with Gasteiger partial charge >= 0.3 is 0 Å². The van der Waals surface area contributed by atoms with Crippen LogP contribution >= 0.6 is 0 Å². The van der Waals surface area contributed by atoms with Gasteiger partial charge in [-0.3, -0.25) is 9.67 Å². The van der Waals surface area contributed by atoms with Crippen molar-refractivity contribution in [2.24, 2.45) is 16.3 Å². The molecule has 0 radical (unpaired) electrons. The van der Waals surface area contributed by atoms with Crippen molar-refractivity contribution in [3.8, 4) is 0 Å². The third-order valence-electron chi connectivity index (χ3n) is 5.71. The van der Waals surface area contributed by atoms with Crippen LogP contribution in [0.25, 0.3) is 10.9 Å². The number of benzene rings is 1. The molecule has 1 saturated heterocycles. The summed E-state index contributed by atoms with van der Waals surface area (Å²) in [4.78, 5) is 7.22. The fraction of sp³-hybridized carbons (Fsp3) is 0.619. The van der Waals surface area contributed by atoms with Crippen molar-refractivity contribution < 1.29 is 0 Å². The summed E-state index contributed by atoms with van der Waals surface area (Å²) in [5, 5.41) is 6.18. The number of rotatable bonds is 2. The van der Waals surface area contributed by atoms with E-state index in [1.54, 1.807) is 0 Å². The van der Waals surface area contributed by atoms with Gasteiger partial charge in [-0.25, -0.2) is 0 Å². The number of nitrogens with zero attached hydrogens (tertiary/aromatic N) is 4. The maximum Gasteiger partial charge on any atom is 0.0930 e. The van der Waals surface area contributed by atoms with Crippen LogP contribution in [-0.4, -0.2) is 47.1 Å². The zero-order valence-corrected chi connectivity index (χ0v) is 16.0. The number of aliphatic imine (C=N–C) groups is 1. The molecule has 4 rings (SSSR count). The van der Waals surface area contributed by atoms with Crippen LogP contribution in [0.3, 0.4) is 0 Å². The molecule has 0 spiro atoms. The van der Waals surface area contributed by atoms with Gasteiger partial charge in [-0.05, 0) is 49.3 Å². The van der Waals surface area contributed by atoms with Gasteiger partial charge in [-0.15, -0.1) is 0 Å². The normalized spacial score (nSPS) is 27.4. The Kier molecular flexibility index (Phi) is 4.19. The number of piperidine rings is 1. The highest BCUT2D eigenvalue weighted by Crippen LogP contribution is 2.34. The average molecular weight is 338 g/mol. The lowest BCUT2D eigenvalue weighted by molar-refractivity contribution is 0.0925. The van der Waals surface area contributed by atoms with E-state index in [0.717, 1.165) is 37.5 Å². The Morgan fingerprint density at radius 2 is 2.08 bits per heavy atom. The van der Waals surface area contributed by atoms with Gasteiger partial charge in [0, 0.05) is 36.9 Å². The number of hydrogen-bond acceptors (Lipinski definition) is 3. The lowest BCUT2D eigenvalue weighted by atomic mass is 9.82. The molecule has 4 nitrogen and oxygen atoms in total. The first-order valence-corrected chi connectivity index (χ1v) is 9.61. The molecule has 2 aliphatic heterocycles. The van der Waals surface area contributed by atoms with Crippen LogP contribution in [0.1, 0.15) is 51.6 Å². The van der Waals surface area contributed by atoms with Crippen LogP contribution in [0.5, 0.6) is 0 Å². The summed E-state index contributed by atoms with van der Waals surface area (Å²) in [6, 6.07) is 7.13. The number of likely N-dealkylation sites (N-methyl/N-ethyl adjacent to an activating group) is 1. The summed E-state index contributed by atoms with van der Waals surface area (Å²) in [5.41, 5.74) is 3.96. The molecule has 4 heteroatoms. The zero-order chi connectivity index (χ0) is 17.6. The topological polar surface area (TPSA) is 33.4 Å². The van der Waals surface area contributed by atoms with Crippen molar-refractivity contribution in [3.63, 3.8) is 0 Å². The molecule has 0 N–H and O–H groups in total. The Morgan fingerprint density at radius 1 is 1.24 bits per heavy atom. The highest BCUT2D eigenvalue weighted by atomic mass is 15.3. The first kappa shape index (κ1) is 16.8. The molecule has 0 bridgehead atoms. The number of likely N-dealkylation sites (tertiary alicyclic amines) is 1. The van der Waals surface area contributed by atoms with Crippen molar-refractivity contribution in [1.29, 1.82) is 0 Å². The summed E-state index contributed by atoms with van der Waals surface area (Å²) in [5.74, 6) is 0.721. The molecular formula is C21H30N4. The second-order valence-corrected chi connectivity index (χ2v) is 9.03. The molecule has 1 fully saturated rings. The summed E-state index contributed by atoms with van der Waals surface area (Å²) >= 11 is 0. The van der Waals surface area contributed by atoms with Crippen LogP contribution in [0, 0.1) is 11.3 Å². The van der Waals surface area contributed by atoms with Gasteiger partial charge in [0.05, 0.1) is 11.6 Å². The van der Waals surface area contributed by atoms with Gasteiger partial charge in [-0.1, -0.05) is 32.9 Å². The predicted molar refractivity (Wildman–Crippen MR) is 104 cm³/mol. The molecule has 1 aromatic carbocycles. The summed E-state index contributed by atoms with van der Waals surface area (Å²) < 4.78 is 2.20. The molecule has 1 unspecified atom stereocenters. The van der Waals surface area contributed by atoms with Crippen molar-refractivity contribution in [1.82, 2.24) is 14.7 Å². The van der Waals surface area contributed by atoms with Crippen LogP contribution in [0.15, 0.2) is 29.4 Å². The molecule has 2 aliphatic rings. The molecule has 2 atom stereocenters. The highest BCUT2D eigenvalue weighted by molar-refractivity contribution is 6.03. The first-order valence-electron chi connectivity index (χ1n) is 9.61. The van der Waals surface area contributed by atoms with Gasteiger partial charge in [0.25, 0.3) is 0 Å². The molecule has 3 heterocycles. The molecule has 0 aliphatic carbocycles. The molecule has 0 saturated carbocycles. The quantitative estimate of drug-likeness (QED) is 0.824. The molecular weight excluding hydrogens is 308 g/mol. The highest BCUT2D eigenvalue weighted by Gasteiger charge is 2.32. The molecule has 2 aromatic rings. The summed E-state index contributed by atoms with van der Waals surface area (Å²) in [6.45, 7) is 10.2. The maximum absolute atomic E-state index is 4.94. The van der Waals surface area contributed by atoms with E-state index < -0.39 is 0 Å². The minimum atomic E-state index is 0.342. The molecule has 25 heavy (non-hydrogen) atoms. The van der Waals surface area contributed by atoms with Gasteiger partial charge in [0.2, 0.25) is 0 Å². The van der Waals surface area contributed by atoms with Crippen molar-refractivity contribution in [3.05, 3.63) is 30.0 Å². The second kappa shape index (κ2) is 6.24. The standard InChI is InChI=1S/C21H30N4/c1-15-5-8-19(22-11-15)16-6-7-17-12-25(23-20(17)9-16)18-10-21(2,3)14-24(4)13-18/h6-7,9,12,15,18H,5,8,10-11,13-14H2,1-4H3/t15-,18?/m0/s1. The second-order valence-electron chi connectivity index (χ2n) is 9.03. The Morgan fingerprint density at radius 3 is 2.80 bits per heavy atom. The van der Waals surface area contributed by atoms with E-state index in [4.69, 9.17) is 10.1 Å². The largest absolute Gasteiger partial charge is 0.304 e. The Balaban J connectivity index is 1.62. The molecule has 1 aromatic heterocycles. The van der Waals surface area contributed by atoms with Crippen molar-refractivity contribution in [2.45, 2.75) is 46.1 Å². The minimum Gasteiger partial charge on any atom is -0.304 e. The lowest BCUT2D eigenvalue weighted by Crippen LogP contribution is -2.43. The van der Waals surface area contributed by atoms with Crippen LogP contribution in [0.4, 0.5) is 0 Å². The number of hydrogen-bond donors (Lipinski definition) is 0. The zero-order valence-electron chi connectivity index (χ0n) is 16.0. The number of aromatic nitrogens is 2. The minimum absolute atomic E-state index is 0.342. The van der Waals surface area contributed by atoms with E-state index in [2.05, 4.69) is 61.8 Å². The number of fused-ring (bicyclic) bond motifs is 1.